The predicted molar refractivity (Wildman–Crippen MR) is 86.8 cm³/mol. The third-order valence-corrected chi connectivity index (χ3v) is 4.62. The molecule has 0 saturated heterocycles. The van der Waals surface area contributed by atoms with Crippen molar-refractivity contribution in [1.29, 1.82) is 0 Å². The minimum atomic E-state index is -0.115. The number of amides is 1. The van der Waals surface area contributed by atoms with Gasteiger partial charge in [0.05, 0.1) is 11.3 Å². The third-order valence-electron chi connectivity index (χ3n) is 4.62. The van der Waals surface area contributed by atoms with Crippen LogP contribution in [0.15, 0.2) is 18.2 Å². The van der Waals surface area contributed by atoms with Crippen LogP contribution in [0.4, 0.5) is 5.69 Å². The Kier molecular flexibility index (Phi) is 2.86. The van der Waals surface area contributed by atoms with E-state index in [0.717, 1.165) is 53.8 Å². The number of aromatic nitrogens is 1. The Morgan fingerprint density at radius 2 is 2.05 bits per heavy atom. The van der Waals surface area contributed by atoms with Crippen LogP contribution in [-0.2, 0) is 17.6 Å². The third kappa shape index (κ3) is 1.87. The maximum Gasteiger partial charge on any atom is 0.256 e. The number of benzene rings is 1. The van der Waals surface area contributed by atoms with Crippen LogP contribution in [0.2, 0.25) is 0 Å². The molecule has 1 aromatic carbocycles. The monoisotopic (exact) mass is 294 g/mol. The van der Waals surface area contributed by atoms with Gasteiger partial charge in [-0.2, -0.15) is 0 Å². The number of aromatic amines is 1. The van der Waals surface area contributed by atoms with E-state index in [0.29, 0.717) is 17.0 Å². The van der Waals surface area contributed by atoms with Crippen molar-refractivity contribution < 1.29 is 9.90 Å². The number of carbonyl (C=O) groups excluding carboxylic acids is 1. The number of hydrogen-bond donors (Lipinski definition) is 3. The second kappa shape index (κ2) is 4.77. The van der Waals surface area contributed by atoms with Crippen molar-refractivity contribution >= 4 is 23.2 Å². The van der Waals surface area contributed by atoms with Crippen LogP contribution in [0.1, 0.15) is 40.9 Å². The summed E-state index contributed by atoms with van der Waals surface area (Å²) in [4.78, 5) is 15.6. The van der Waals surface area contributed by atoms with Gasteiger partial charge in [0.25, 0.3) is 5.91 Å². The van der Waals surface area contributed by atoms with Crippen LogP contribution in [0, 0.1) is 6.92 Å². The average Bonchev–Trinajstić information content (AvgIpc) is 2.99. The number of nitrogens with one attached hydrogen (secondary N) is 2. The molecular weight excluding hydrogens is 276 g/mol. The smallest absolute Gasteiger partial charge is 0.256 e. The van der Waals surface area contributed by atoms with Crippen molar-refractivity contribution in [3.63, 3.8) is 0 Å². The predicted octanol–water partition coefficient (Wildman–Crippen LogP) is 3.40. The van der Waals surface area contributed by atoms with E-state index in [-0.39, 0.29) is 5.91 Å². The highest BCUT2D eigenvalue weighted by Crippen LogP contribution is 2.38. The van der Waals surface area contributed by atoms with E-state index in [9.17, 15) is 9.90 Å². The Morgan fingerprint density at radius 1 is 1.23 bits per heavy atom. The largest absolute Gasteiger partial charge is 0.505 e. The van der Waals surface area contributed by atoms with E-state index >= 15 is 0 Å². The fourth-order valence-electron chi connectivity index (χ4n) is 3.51. The number of H-pyrrole nitrogens is 1. The first kappa shape index (κ1) is 13.2. The van der Waals surface area contributed by atoms with Crippen molar-refractivity contribution in [2.75, 3.05) is 5.32 Å². The molecule has 22 heavy (non-hydrogen) atoms. The molecule has 1 amide bonds. The van der Waals surface area contributed by atoms with E-state index in [4.69, 9.17) is 0 Å². The number of hydrogen-bond acceptors (Lipinski definition) is 2. The van der Waals surface area contributed by atoms with Gasteiger partial charge in [0, 0.05) is 22.5 Å². The lowest BCUT2D eigenvalue weighted by molar-refractivity contribution is -0.110. The molecule has 112 valence electrons. The van der Waals surface area contributed by atoms with Gasteiger partial charge >= 0.3 is 0 Å². The van der Waals surface area contributed by atoms with E-state index in [2.05, 4.69) is 10.3 Å². The van der Waals surface area contributed by atoms with Crippen LogP contribution in [0.5, 0.6) is 5.75 Å². The van der Waals surface area contributed by atoms with Gasteiger partial charge in [-0.05, 0) is 50.3 Å². The Labute approximate surface area is 128 Å². The zero-order valence-electron chi connectivity index (χ0n) is 12.5. The van der Waals surface area contributed by atoms with Gasteiger partial charge in [-0.1, -0.05) is 12.1 Å². The van der Waals surface area contributed by atoms with Crippen molar-refractivity contribution in [2.45, 2.75) is 32.6 Å². The maximum absolute atomic E-state index is 12.3. The highest BCUT2D eigenvalue weighted by molar-refractivity contribution is 6.35. The number of aryl methyl sites for hydroxylation is 2. The number of rotatable bonds is 1. The molecule has 3 N–H and O–H groups in total. The molecule has 0 fully saturated rings. The highest BCUT2D eigenvalue weighted by Gasteiger charge is 2.27. The van der Waals surface area contributed by atoms with Crippen molar-refractivity contribution in [3.8, 4) is 5.75 Å². The summed E-state index contributed by atoms with van der Waals surface area (Å²) in [6, 6.07) is 5.83. The van der Waals surface area contributed by atoms with Crippen molar-refractivity contribution in [3.05, 3.63) is 46.3 Å². The normalized spacial score (nSPS) is 18.2. The first-order chi connectivity index (χ1) is 10.6. The van der Waals surface area contributed by atoms with Gasteiger partial charge < -0.3 is 15.4 Å². The molecule has 0 spiro atoms. The molecular formula is C18H18N2O2. The molecule has 2 aliphatic rings. The molecule has 0 radical (unpaired) electrons. The van der Waals surface area contributed by atoms with Gasteiger partial charge in [0.1, 0.15) is 5.75 Å². The maximum atomic E-state index is 12.3. The zero-order valence-corrected chi connectivity index (χ0v) is 12.5. The molecule has 2 heterocycles. The lowest BCUT2D eigenvalue weighted by Crippen LogP contribution is -2.03. The Hall–Kier alpha value is -2.49. The second-order valence-corrected chi connectivity index (χ2v) is 6.06. The summed E-state index contributed by atoms with van der Waals surface area (Å²) in [5.41, 5.74) is 6.21. The molecule has 1 aromatic heterocycles. The summed E-state index contributed by atoms with van der Waals surface area (Å²) < 4.78 is 0. The summed E-state index contributed by atoms with van der Waals surface area (Å²) in [5.74, 6) is 0.188. The molecule has 0 atom stereocenters. The first-order valence-electron chi connectivity index (χ1n) is 7.71. The standard InChI is InChI=1S/C18H18N2O2/c1-10-5-4-8-14-16(10)12(18(22)20-14)9-15-17(21)11-6-2-3-7-13(11)19-15/h4-5,8-9,19,21H,2-3,6-7H2,1H3,(H,20,22). The molecule has 4 heteroatoms. The number of carbonyl (C=O) groups is 1. The second-order valence-electron chi connectivity index (χ2n) is 6.06. The summed E-state index contributed by atoms with van der Waals surface area (Å²) in [6.07, 6.45) is 5.90. The SMILES string of the molecule is Cc1cccc2c1C(=Cc1[nH]c3c(c1O)CCCC3)C(=O)N2. The molecule has 4 nitrogen and oxygen atoms in total. The number of fused-ring (bicyclic) bond motifs is 2. The molecule has 0 unspecified atom stereocenters. The molecule has 1 aliphatic heterocycles. The number of anilines is 1. The summed E-state index contributed by atoms with van der Waals surface area (Å²) >= 11 is 0. The zero-order chi connectivity index (χ0) is 15.3. The quantitative estimate of drug-likeness (QED) is 0.706. The lowest BCUT2D eigenvalue weighted by atomic mass is 9.97. The highest BCUT2D eigenvalue weighted by atomic mass is 16.3. The van der Waals surface area contributed by atoms with Crippen molar-refractivity contribution in [2.24, 2.45) is 0 Å². The van der Waals surface area contributed by atoms with E-state index in [1.165, 1.54) is 0 Å². The topological polar surface area (TPSA) is 65.1 Å². The van der Waals surface area contributed by atoms with E-state index in [1.807, 2.05) is 25.1 Å². The minimum absolute atomic E-state index is 0.115. The fourth-order valence-corrected chi connectivity index (χ4v) is 3.51. The fraction of sp³-hybridized carbons (Fsp3) is 0.278. The van der Waals surface area contributed by atoms with E-state index < -0.39 is 0 Å². The number of aromatic hydroxyl groups is 1. The summed E-state index contributed by atoms with van der Waals surface area (Å²) in [5, 5.41) is 13.3. The summed E-state index contributed by atoms with van der Waals surface area (Å²) in [6.45, 7) is 1.99. The molecule has 4 rings (SSSR count). The minimum Gasteiger partial charge on any atom is -0.505 e. The van der Waals surface area contributed by atoms with Crippen LogP contribution >= 0.6 is 0 Å². The van der Waals surface area contributed by atoms with Gasteiger partial charge in [-0.3, -0.25) is 4.79 Å². The van der Waals surface area contributed by atoms with Crippen LogP contribution in [0.25, 0.3) is 11.6 Å². The average molecular weight is 294 g/mol. The van der Waals surface area contributed by atoms with Gasteiger partial charge in [0.2, 0.25) is 0 Å². The summed E-state index contributed by atoms with van der Waals surface area (Å²) in [7, 11) is 0. The first-order valence-corrected chi connectivity index (χ1v) is 7.71. The van der Waals surface area contributed by atoms with Gasteiger partial charge in [-0.25, -0.2) is 0 Å². The Balaban J connectivity index is 1.85. The van der Waals surface area contributed by atoms with Gasteiger partial charge in [-0.15, -0.1) is 0 Å². The van der Waals surface area contributed by atoms with Crippen LogP contribution in [-0.4, -0.2) is 16.0 Å². The Morgan fingerprint density at radius 3 is 2.86 bits per heavy atom. The molecule has 0 saturated carbocycles. The van der Waals surface area contributed by atoms with Crippen molar-refractivity contribution in [1.82, 2.24) is 4.98 Å². The van der Waals surface area contributed by atoms with E-state index in [1.54, 1.807) is 6.08 Å². The molecule has 2 aromatic rings. The molecule has 1 aliphatic carbocycles. The Bertz CT molecular complexity index is 815. The van der Waals surface area contributed by atoms with Crippen LogP contribution in [0.3, 0.4) is 0 Å². The molecule has 0 bridgehead atoms. The van der Waals surface area contributed by atoms with Crippen LogP contribution < -0.4 is 5.32 Å². The van der Waals surface area contributed by atoms with Gasteiger partial charge in [0.15, 0.2) is 0 Å². The lowest BCUT2D eigenvalue weighted by Gasteiger charge is -2.09.